The van der Waals surface area contributed by atoms with Gasteiger partial charge in [-0.1, -0.05) is 24.3 Å². The summed E-state index contributed by atoms with van der Waals surface area (Å²) in [4.78, 5) is 0. The second-order valence-corrected chi connectivity index (χ2v) is 7.92. The van der Waals surface area contributed by atoms with Gasteiger partial charge in [0.25, 0.3) is 0 Å². The minimum absolute atomic E-state index is 0.00849. The van der Waals surface area contributed by atoms with Gasteiger partial charge in [0.2, 0.25) is 0 Å². The van der Waals surface area contributed by atoms with Crippen LogP contribution in [0.15, 0.2) is 83.3 Å². The molecule has 0 aliphatic carbocycles. The molecule has 0 saturated heterocycles. The maximum absolute atomic E-state index is 10.4. The van der Waals surface area contributed by atoms with Crippen LogP contribution in [0.5, 0.6) is 28.7 Å². The molecule has 5 N–H and O–H groups in total. The average Bonchev–Trinajstić information content (AvgIpc) is 3.17. The minimum atomic E-state index is -0.110. The van der Waals surface area contributed by atoms with Gasteiger partial charge in [0.05, 0.1) is 0 Å². The van der Waals surface area contributed by atoms with Crippen LogP contribution >= 0.6 is 0 Å². The van der Waals surface area contributed by atoms with Gasteiger partial charge in [-0.15, -0.1) is 0 Å². The molecule has 0 atom stereocenters. The molecule has 6 heteroatoms. The number of hydrogen-bond donors (Lipinski definition) is 5. The van der Waals surface area contributed by atoms with Gasteiger partial charge in [-0.2, -0.15) is 0 Å². The van der Waals surface area contributed by atoms with Crippen molar-refractivity contribution in [2.75, 3.05) is 0 Å². The molecule has 1 aromatic heterocycles. The zero-order valence-electron chi connectivity index (χ0n) is 17.8. The fourth-order valence-electron chi connectivity index (χ4n) is 3.98. The molecule has 5 aromatic rings. The molecule has 0 saturated carbocycles. The standard InChI is InChI=1S/C28H20O6/c29-20-7-2-16(3-8-20)1-4-18-11-24(33)15-25-26(18)27(19-12-22(31)14-23(32)13-19)28(34-25)17-5-9-21(30)10-6-17/h1-15,29-33H/b4-1-. The number of aromatic hydroxyl groups is 5. The van der Waals surface area contributed by atoms with Gasteiger partial charge in [0.15, 0.2) is 0 Å². The first kappa shape index (κ1) is 21.0. The quantitative estimate of drug-likeness (QED) is 0.200. The summed E-state index contributed by atoms with van der Waals surface area (Å²) in [5.41, 5.74) is 3.69. The Kier molecular flexibility index (Phi) is 5.11. The summed E-state index contributed by atoms with van der Waals surface area (Å²) >= 11 is 0. The molecule has 0 fully saturated rings. The normalized spacial score (nSPS) is 11.4. The highest BCUT2D eigenvalue weighted by atomic mass is 16.3. The minimum Gasteiger partial charge on any atom is -0.508 e. The Hall–Kier alpha value is -4.84. The third-order valence-electron chi connectivity index (χ3n) is 5.48. The summed E-state index contributed by atoms with van der Waals surface area (Å²) in [5, 5.41) is 50.6. The molecule has 0 unspecified atom stereocenters. The zero-order chi connectivity index (χ0) is 23.8. The lowest BCUT2D eigenvalue weighted by Crippen LogP contribution is -1.84. The molecule has 0 bridgehead atoms. The van der Waals surface area contributed by atoms with Gasteiger partial charge >= 0.3 is 0 Å². The Labute approximate surface area is 194 Å². The van der Waals surface area contributed by atoms with Crippen LogP contribution in [0.3, 0.4) is 0 Å². The van der Waals surface area contributed by atoms with Crippen LogP contribution in [-0.2, 0) is 0 Å². The van der Waals surface area contributed by atoms with E-state index >= 15 is 0 Å². The fraction of sp³-hybridized carbons (Fsp3) is 0. The molecule has 1 heterocycles. The number of rotatable bonds is 4. The van der Waals surface area contributed by atoms with E-state index < -0.39 is 0 Å². The Bertz CT molecular complexity index is 1510. The molecule has 0 aliphatic rings. The second kappa shape index (κ2) is 8.26. The van der Waals surface area contributed by atoms with Crippen molar-refractivity contribution in [2.45, 2.75) is 0 Å². The van der Waals surface area contributed by atoms with Crippen molar-refractivity contribution < 1.29 is 29.9 Å². The van der Waals surface area contributed by atoms with E-state index in [9.17, 15) is 25.5 Å². The van der Waals surface area contributed by atoms with Crippen LogP contribution in [0.25, 0.3) is 45.6 Å². The lowest BCUT2D eigenvalue weighted by molar-refractivity contribution is 0.451. The van der Waals surface area contributed by atoms with Gasteiger partial charge < -0.3 is 29.9 Å². The molecule has 0 amide bonds. The Morgan fingerprint density at radius 1 is 0.529 bits per heavy atom. The molecule has 34 heavy (non-hydrogen) atoms. The molecule has 4 aromatic carbocycles. The summed E-state index contributed by atoms with van der Waals surface area (Å²) in [6.07, 6.45) is 3.65. The Balaban J connectivity index is 1.79. The maximum Gasteiger partial charge on any atom is 0.143 e. The van der Waals surface area contributed by atoms with Crippen LogP contribution in [0, 0.1) is 0 Å². The van der Waals surface area contributed by atoms with Crippen molar-refractivity contribution in [1.29, 1.82) is 0 Å². The fourth-order valence-corrected chi connectivity index (χ4v) is 3.98. The van der Waals surface area contributed by atoms with Gasteiger partial charge in [-0.3, -0.25) is 0 Å². The number of phenols is 5. The molecule has 5 rings (SSSR count). The van der Waals surface area contributed by atoms with E-state index in [4.69, 9.17) is 4.42 Å². The molecule has 0 spiro atoms. The van der Waals surface area contributed by atoms with Crippen molar-refractivity contribution in [3.05, 3.63) is 90.0 Å². The van der Waals surface area contributed by atoms with E-state index in [1.807, 2.05) is 12.2 Å². The predicted molar refractivity (Wildman–Crippen MR) is 131 cm³/mol. The first-order valence-electron chi connectivity index (χ1n) is 10.5. The third-order valence-corrected chi connectivity index (χ3v) is 5.48. The average molecular weight is 452 g/mol. The summed E-state index contributed by atoms with van der Waals surface area (Å²) in [7, 11) is 0. The van der Waals surface area contributed by atoms with Crippen molar-refractivity contribution in [1.82, 2.24) is 0 Å². The van der Waals surface area contributed by atoms with E-state index in [0.29, 0.717) is 39.0 Å². The van der Waals surface area contributed by atoms with Crippen LogP contribution in [-0.4, -0.2) is 25.5 Å². The van der Waals surface area contributed by atoms with Crippen molar-refractivity contribution >= 4 is 23.1 Å². The number of phenolic OH excluding ortho intramolecular Hbond substituents is 5. The molecule has 6 nitrogen and oxygen atoms in total. The number of furan rings is 1. The van der Waals surface area contributed by atoms with Gasteiger partial charge in [0, 0.05) is 28.6 Å². The van der Waals surface area contributed by atoms with Crippen LogP contribution in [0.4, 0.5) is 0 Å². The molecular weight excluding hydrogens is 432 g/mol. The topological polar surface area (TPSA) is 114 Å². The highest BCUT2D eigenvalue weighted by molar-refractivity contribution is 6.07. The lowest BCUT2D eigenvalue weighted by atomic mass is 9.95. The first-order chi connectivity index (χ1) is 16.4. The second-order valence-electron chi connectivity index (χ2n) is 7.92. The van der Waals surface area contributed by atoms with Crippen LogP contribution in [0.2, 0.25) is 0 Å². The predicted octanol–water partition coefficient (Wildman–Crippen LogP) is 6.47. The number of fused-ring (bicyclic) bond motifs is 1. The number of benzene rings is 4. The zero-order valence-corrected chi connectivity index (χ0v) is 17.8. The van der Waals surface area contributed by atoms with Crippen molar-refractivity contribution in [3.63, 3.8) is 0 Å². The van der Waals surface area contributed by atoms with Gasteiger partial charge in [-0.05, 0) is 71.3 Å². The summed E-state index contributed by atoms with van der Waals surface area (Å²) < 4.78 is 6.18. The van der Waals surface area contributed by atoms with Crippen molar-refractivity contribution in [2.24, 2.45) is 0 Å². The van der Waals surface area contributed by atoms with Gasteiger partial charge in [0.1, 0.15) is 40.1 Å². The highest BCUT2D eigenvalue weighted by Crippen LogP contribution is 2.45. The smallest absolute Gasteiger partial charge is 0.143 e. The van der Waals surface area contributed by atoms with Gasteiger partial charge in [-0.25, -0.2) is 0 Å². The molecule has 0 radical (unpaired) electrons. The van der Waals surface area contributed by atoms with Crippen LogP contribution < -0.4 is 0 Å². The molecular formula is C28H20O6. The third kappa shape index (κ3) is 4.00. The highest BCUT2D eigenvalue weighted by Gasteiger charge is 2.21. The Morgan fingerprint density at radius 3 is 1.76 bits per heavy atom. The van der Waals surface area contributed by atoms with E-state index in [0.717, 1.165) is 5.56 Å². The first-order valence-corrected chi connectivity index (χ1v) is 10.5. The van der Waals surface area contributed by atoms with E-state index in [2.05, 4.69) is 0 Å². The summed E-state index contributed by atoms with van der Waals surface area (Å²) in [6, 6.07) is 20.5. The van der Waals surface area contributed by atoms with Crippen LogP contribution in [0.1, 0.15) is 11.1 Å². The summed E-state index contributed by atoms with van der Waals surface area (Å²) in [6.45, 7) is 0. The molecule has 0 aliphatic heterocycles. The lowest BCUT2D eigenvalue weighted by Gasteiger charge is -2.08. The number of hydrogen-bond acceptors (Lipinski definition) is 6. The van der Waals surface area contributed by atoms with E-state index in [-0.39, 0.29) is 28.7 Å². The van der Waals surface area contributed by atoms with E-state index in [1.54, 1.807) is 42.5 Å². The van der Waals surface area contributed by atoms with Crippen molar-refractivity contribution in [3.8, 4) is 51.2 Å². The Morgan fingerprint density at radius 2 is 1.12 bits per heavy atom. The van der Waals surface area contributed by atoms with E-state index in [1.165, 1.54) is 36.4 Å². The SMILES string of the molecule is Oc1ccc(/C=C\c2cc(O)cc3oc(-c4ccc(O)cc4)c(-c4cc(O)cc(O)c4)c23)cc1. The largest absolute Gasteiger partial charge is 0.508 e. The maximum atomic E-state index is 10.4. The summed E-state index contributed by atoms with van der Waals surface area (Å²) in [5.74, 6) is 0.504. The monoisotopic (exact) mass is 452 g/mol. The molecule has 168 valence electrons.